The highest BCUT2D eigenvalue weighted by molar-refractivity contribution is 6.00. The Labute approximate surface area is 112 Å². The molecule has 5 heteroatoms. The van der Waals surface area contributed by atoms with Crippen LogP contribution in [0, 0.1) is 12.8 Å². The van der Waals surface area contributed by atoms with E-state index in [0.29, 0.717) is 11.6 Å². The SMILES string of the molecule is Cc1ccc(NC(=O)N2CCC(C)C2)c(C(=O)O)c1. The smallest absolute Gasteiger partial charge is 0.337 e. The number of carboxylic acids is 1. The molecule has 1 atom stereocenters. The Bertz CT molecular complexity index is 513. The second-order valence-corrected chi connectivity index (χ2v) is 5.12. The Morgan fingerprint density at radius 3 is 2.74 bits per heavy atom. The number of urea groups is 1. The van der Waals surface area contributed by atoms with E-state index in [0.717, 1.165) is 25.1 Å². The maximum atomic E-state index is 12.0. The van der Waals surface area contributed by atoms with E-state index in [9.17, 15) is 9.59 Å². The van der Waals surface area contributed by atoms with E-state index >= 15 is 0 Å². The molecule has 1 aliphatic heterocycles. The first-order chi connectivity index (χ1) is 8.97. The molecule has 1 aromatic carbocycles. The van der Waals surface area contributed by atoms with Crippen molar-refractivity contribution in [2.75, 3.05) is 18.4 Å². The van der Waals surface area contributed by atoms with E-state index in [-0.39, 0.29) is 11.6 Å². The molecule has 2 rings (SSSR count). The number of aromatic carboxylic acids is 1. The van der Waals surface area contributed by atoms with Crippen molar-refractivity contribution in [3.05, 3.63) is 29.3 Å². The lowest BCUT2D eigenvalue weighted by Gasteiger charge is -2.18. The normalized spacial score (nSPS) is 18.4. The number of nitrogens with one attached hydrogen (secondary N) is 1. The van der Waals surface area contributed by atoms with Gasteiger partial charge in [0.25, 0.3) is 0 Å². The fraction of sp³-hybridized carbons (Fsp3) is 0.429. The zero-order chi connectivity index (χ0) is 14.0. The van der Waals surface area contributed by atoms with Crippen molar-refractivity contribution in [2.45, 2.75) is 20.3 Å². The van der Waals surface area contributed by atoms with Crippen molar-refractivity contribution >= 4 is 17.7 Å². The number of nitrogens with zero attached hydrogens (tertiary/aromatic N) is 1. The molecule has 0 bridgehead atoms. The van der Waals surface area contributed by atoms with Crippen molar-refractivity contribution in [1.82, 2.24) is 4.90 Å². The number of carbonyl (C=O) groups excluding carboxylic acids is 1. The average molecular weight is 262 g/mol. The standard InChI is InChI=1S/C14H18N2O3/c1-9-3-4-12(11(7-9)13(17)18)15-14(19)16-6-5-10(2)8-16/h3-4,7,10H,5-6,8H2,1-2H3,(H,15,19)(H,17,18). The van der Waals surface area contributed by atoms with Gasteiger partial charge in [0.15, 0.2) is 0 Å². The molecule has 0 saturated carbocycles. The number of benzene rings is 1. The molecule has 1 unspecified atom stereocenters. The third-order valence-electron chi connectivity index (χ3n) is 3.36. The maximum Gasteiger partial charge on any atom is 0.337 e. The minimum Gasteiger partial charge on any atom is -0.478 e. The second-order valence-electron chi connectivity index (χ2n) is 5.12. The van der Waals surface area contributed by atoms with Crippen molar-refractivity contribution in [3.8, 4) is 0 Å². The van der Waals surface area contributed by atoms with E-state index in [4.69, 9.17) is 5.11 Å². The molecule has 1 aliphatic rings. The van der Waals surface area contributed by atoms with Crippen LogP contribution in [-0.2, 0) is 0 Å². The van der Waals surface area contributed by atoms with Crippen LogP contribution < -0.4 is 5.32 Å². The topological polar surface area (TPSA) is 69.6 Å². The Hall–Kier alpha value is -2.04. The second kappa shape index (κ2) is 5.30. The monoisotopic (exact) mass is 262 g/mol. The van der Waals surface area contributed by atoms with Crippen LogP contribution in [0.1, 0.15) is 29.3 Å². The summed E-state index contributed by atoms with van der Waals surface area (Å²) in [7, 11) is 0. The minimum atomic E-state index is -1.03. The van der Waals surface area contributed by atoms with Gasteiger partial charge in [-0.05, 0) is 31.4 Å². The van der Waals surface area contributed by atoms with Gasteiger partial charge in [-0.25, -0.2) is 9.59 Å². The summed E-state index contributed by atoms with van der Waals surface area (Å²) in [4.78, 5) is 24.9. The molecular formula is C14H18N2O3. The van der Waals surface area contributed by atoms with E-state index < -0.39 is 5.97 Å². The number of hydrogen-bond donors (Lipinski definition) is 2. The van der Waals surface area contributed by atoms with Crippen LogP contribution in [0.5, 0.6) is 0 Å². The van der Waals surface area contributed by atoms with Gasteiger partial charge in [0.05, 0.1) is 11.3 Å². The molecular weight excluding hydrogens is 244 g/mol. The van der Waals surface area contributed by atoms with Gasteiger partial charge in [0.1, 0.15) is 0 Å². The number of carbonyl (C=O) groups is 2. The van der Waals surface area contributed by atoms with Gasteiger partial charge in [-0.2, -0.15) is 0 Å². The highest BCUT2D eigenvalue weighted by Gasteiger charge is 2.24. The summed E-state index contributed by atoms with van der Waals surface area (Å²) in [6.07, 6.45) is 0.993. The number of likely N-dealkylation sites (tertiary alicyclic amines) is 1. The minimum absolute atomic E-state index is 0.126. The lowest BCUT2D eigenvalue weighted by atomic mass is 10.1. The summed E-state index contributed by atoms with van der Waals surface area (Å²) in [5.41, 5.74) is 1.33. The molecule has 0 spiro atoms. The number of anilines is 1. The molecule has 0 aromatic heterocycles. The highest BCUT2D eigenvalue weighted by atomic mass is 16.4. The lowest BCUT2D eigenvalue weighted by Crippen LogP contribution is -2.33. The Balaban J connectivity index is 2.14. The summed E-state index contributed by atoms with van der Waals surface area (Å²) in [5.74, 6) is -0.531. The molecule has 102 valence electrons. The molecule has 1 aromatic rings. The lowest BCUT2D eigenvalue weighted by molar-refractivity contribution is 0.0698. The van der Waals surface area contributed by atoms with Gasteiger partial charge >= 0.3 is 12.0 Å². The van der Waals surface area contributed by atoms with Gasteiger partial charge < -0.3 is 15.3 Å². The van der Waals surface area contributed by atoms with Gasteiger partial charge in [0.2, 0.25) is 0 Å². The molecule has 0 radical (unpaired) electrons. The van der Waals surface area contributed by atoms with E-state index in [1.807, 2.05) is 6.92 Å². The Morgan fingerprint density at radius 1 is 1.42 bits per heavy atom. The molecule has 2 N–H and O–H groups in total. The number of aryl methyl sites for hydroxylation is 1. The fourth-order valence-corrected chi connectivity index (χ4v) is 2.26. The van der Waals surface area contributed by atoms with Crippen LogP contribution in [0.15, 0.2) is 18.2 Å². The molecule has 1 saturated heterocycles. The Kier molecular flexibility index (Phi) is 3.74. The van der Waals surface area contributed by atoms with E-state index in [2.05, 4.69) is 12.2 Å². The predicted octanol–water partition coefficient (Wildman–Crippen LogP) is 2.57. The molecule has 1 fully saturated rings. The summed E-state index contributed by atoms with van der Waals surface area (Å²) < 4.78 is 0. The first-order valence-corrected chi connectivity index (χ1v) is 6.37. The third-order valence-corrected chi connectivity index (χ3v) is 3.36. The van der Waals surface area contributed by atoms with Crippen LogP contribution in [0.25, 0.3) is 0 Å². The number of hydrogen-bond acceptors (Lipinski definition) is 2. The summed E-state index contributed by atoms with van der Waals surface area (Å²) >= 11 is 0. The van der Waals surface area contributed by atoms with Crippen molar-refractivity contribution < 1.29 is 14.7 Å². The van der Waals surface area contributed by atoms with Crippen molar-refractivity contribution in [2.24, 2.45) is 5.92 Å². The molecule has 1 heterocycles. The van der Waals surface area contributed by atoms with Gasteiger partial charge in [-0.15, -0.1) is 0 Å². The average Bonchev–Trinajstić information content (AvgIpc) is 2.78. The van der Waals surface area contributed by atoms with E-state index in [1.54, 1.807) is 23.1 Å². The largest absolute Gasteiger partial charge is 0.478 e. The first-order valence-electron chi connectivity index (χ1n) is 6.37. The van der Waals surface area contributed by atoms with Crippen LogP contribution in [-0.4, -0.2) is 35.1 Å². The predicted molar refractivity (Wildman–Crippen MR) is 72.5 cm³/mol. The van der Waals surface area contributed by atoms with Crippen molar-refractivity contribution in [3.63, 3.8) is 0 Å². The fourth-order valence-electron chi connectivity index (χ4n) is 2.26. The molecule has 2 amide bonds. The van der Waals surface area contributed by atoms with Gasteiger partial charge in [0, 0.05) is 13.1 Å². The number of carboxylic acid groups (broad SMARTS) is 1. The quantitative estimate of drug-likeness (QED) is 0.860. The van der Waals surface area contributed by atoms with Crippen LogP contribution in [0.3, 0.4) is 0 Å². The molecule has 0 aliphatic carbocycles. The number of rotatable bonds is 2. The summed E-state index contributed by atoms with van der Waals surface area (Å²) in [6, 6.07) is 4.76. The zero-order valence-corrected chi connectivity index (χ0v) is 11.1. The third kappa shape index (κ3) is 3.05. The van der Waals surface area contributed by atoms with Crippen LogP contribution in [0.2, 0.25) is 0 Å². The first kappa shape index (κ1) is 13.4. The van der Waals surface area contributed by atoms with E-state index in [1.165, 1.54) is 0 Å². The summed E-state index contributed by atoms with van der Waals surface area (Å²) in [6.45, 7) is 5.36. The molecule has 5 nitrogen and oxygen atoms in total. The summed E-state index contributed by atoms with van der Waals surface area (Å²) in [5, 5.41) is 11.8. The maximum absolute atomic E-state index is 12.0. The molecule has 19 heavy (non-hydrogen) atoms. The number of amides is 2. The van der Waals surface area contributed by atoms with Gasteiger partial charge in [-0.3, -0.25) is 0 Å². The van der Waals surface area contributed by atoms with Crippen LogP contribution in [0.4, 0.5) is 10.5 Å². The van der Waals surface area contributed by atoms with Crippen LogP contribution >= 0.6 is 0 Å². The Morgan fingerprint density at radius 2 is 2.16 bits per heavy atom. The zero-order valence-electron chi connectivity index (χ0n) is 11.1. The van der Waals surface area contributed by atoms with Crippen molar-refractivity contribution in [1.29, 1.82) is 0 Å². The highest BCUT2D eigenvalue weighted by Crippen LogP contribution is 2.20. The van der Waals surface area contributed by atoms with Gasteiger partial charge in [-0.1, -0.05) is 18.6 Å².